The number of hydrogen-bond donors (Lipinski definition) is 1. The molecule has 166 valence electrons. The molecule has 5 atom stereocenters. The van der Waals surface area contributed by atoms with Gasteiger partial charge in [0.15, 0.2) is 0 Å². The van der Waals surface area contributed by atoms with Gasteiger partial charge in [0.2, 0.25) is 5.91 Å². The molecule has 1 amide bonds. The molecule has 0 saturated carbocycles. The number of rotatable bonds is 7. The standard InChI is InChI=1S/C24H32N3O3P/c1-15(20(11-31)29-3)6-18-8-17-5-4-16(10-25)7-19(17)24(18)9-21(26)27(22(24)28)12-23(2)13-30-14-23/h4-5,7,9,15,18,20H,6,8,11-14,26,31H2,1-3H3/t15-,18?,20-,24?/m0/s1. The molecular formula is C24H32N3O3P. The predicted molar refractivity (Wildman–Crippen MR) is 122 cm³/mol. The van der Waals surface area contributed by atoms with E-state index in [1.54, 1.807) is 12.0 Å². The van der Waals surface area contributed by atoms with Gasteiger partial charge in [0.05, 0.1) is 36.4 Å². The fourth-order valence-corrected chi connectivity index (χ4v) is 6.23. The number of nitrogens with two attached hydrogens (primary N) is 1. The molecule has 4 rings (SSSR count). The summed E-state index contributed by atoms with van der Waals surface area (Å²) in [5, 5.41) is 9.49. The van der Waals surface area contributed by atoms with Crippen molar-refractivity contribution in [1.82, 2.24) is 4.90 Å². The van der Waals surface area contributed by atoms with E-state index in [1.165, 1.54) is 0 Å². The summed E-state index contributed by atoms with van der Waals surface area (Å²) in [5.74, 6) is 0.898. The van der Waals surface area contributed by atoms with E-state index in [0.29, 0.717) is 31.1 Å². The monoisotopic (exact) mass is 441 g/mol. The number of nitriles is 1. The molecule has 0 radical (unpaired) electrons. The van der Waals surface area contributed by atoms with E-state index in [9.17, 15) is 10.1 Å². The van der Waals surface area contributed by atoms with Gasteiger partial charge in [-0.05, 0) is 60.2 Å². The van der Waals surface area contributed by atoms with Gasteiger partial charge in [-0.15, -0.1) is 9.24 Å². The Balaban J connectivity index is 1.74. The highest BCUT2D eigenvalue weighted by atomic mass is 31.0. The highest BCUT2D eigenvalue weighted by Gasteiger charge is 2.57. The van der Waals surface area contributed by atoms with Crippen molar-refractivity contribution in [2.45, 2.75) is 38.2 Å². The van der Waals surface area contributed by atoms with Gasteiger partial charge in [0.25, 0.3) is 0 Å². The van der Waals surface area contributed by atoms with Crippen molar-refractivity contribution in [2.75, 3.05) is 33.0 Å². The van der Waals surface area contributed by atoms with Gasteiger partial charge in [-0.2, -0.15) is 5.26 Å². The van der Waals surface area contributed by atoms with Crippen molar-refractivity contribution < 1.29 is 14.3 Å². The van der Waals surface area contributed by atoms with Gasteiger partial charge >= 0.3 is 0 Å². The number of methoxy groups -OCH3 is 1. The molecule has 0 aromatic heterocycles. The van der Waals surface area contributed by atoms with Crippen LogP contribution in [0.4, 0.5) is 0 Å². The second-order valence-corrected chi connectivity index (χ2v) is 10.2. The normalized spacial score (nSPS) is 28.1. The molecule has 31 heavy (non-hydrogen) atoms. The number of benzene rings is 1. The Morgan fingerprint density at radius 1 is 1.45 bits per heavy atom. The van der Waals surface area contributed by atoms with Crippen LogP contribution in [-0.2, 0) is 26.1 Å². The minimum atomic E-state index is -0.819. The van der Waals surface area contributed by atoms with Crippen molar-refractivity contribution in [3.63, 3.8) is 0 Å². The number of hydrogen-bond acceptors (Lipinski definition) is 5. The van der Waals surface area contributed by atoms with Crippen molar-refractivity contribution in [3.8, 4) is 6.07 Å². The van der Waals surface area contributed by atoms with Crippen LogP contribution < -0.4 is 5.73 Å². The summed E-state index contributed by atoms with van der Waals surface area (Å²) in [6, 6.07) is 7.97. The molecule has 1 aromatic carbocycles. The average molecular weight is 442 g/mol. The van der Waals surface area contributed by atoms with Crippen molar-refractivity contribution >= 4 is 15.1 Å². The summed E-state index contributed by atoms with van der Waals surface area (Å²) >= 11 is 0. The Labute approximate surface area is 187 Å². The Bertz CT molecular complexity index is 948. The van der Waals surface area contributed by atoms with E-state index in [2.05, 4.69) is 29.2 Å². The van der Waals surface area contributed by atoms with E-state index >= 15 is 0 Å². The number of ether oxygens (including phenoxy) is 2. The first-order valence-electron chi connectivity index (χ1n) is 10.9. The zero-order valence-corrected chi connectivity index (χ0v) is 19.7. The summed E-state index contributed by atoms with van der Waals surface area (Å²) in [5.41, 5.74) is 8.23. The van der Waals surface area contributed by atoms with Crippen LogP contribution in [0.1, 0.15) is 37.0 Å². The maximum atomic E-state index is 14.1. The second kappa shape index (κ2) is 8.20. The number of nitrogens with zero attached hydrogens (tertiary/aromatic N) is 2. The van der Waals surface area contributed by atoms with Crippen molar-refractivity contribution in [1.29, 1.82) is 5.26 Å². The SMILES string of the molecule is CO[C@@H](CP)[C@@H](C)CC1Cc2ccc(C#N)cc2C12C=C(N)N(CC1(C)COC1)C2=O. The van der Waals surface area contributed by atoms with Crippen LogP contribution in [0.15, 0.2) is 30.1 Å². The molecule has 3 aliphatic rings. The minimum Gasteiger partial charge on any atom is -0.385 e. The molecule has 2 heterocycles. The average Bonchev–Trinajstić information content (AvgIpc) is 3.16. The van der Waals surface area contributed by atoms with Crippen molar-refractivity contribution in [3.05, 3.63) is 46.8 Å². The fraction of sp³-hybridized carbons (Fsp3) is 0.583. The van der Waals surface area contributed by atoms with Gasteiger partial charge in [-0.25, -0.2) is 0 Å². The van der Waals surface area contributed by atoms with Gasteiger partial charge in [-0.1, -0.05) is 19.9 Å². The van der Waals surface area contributed by atoms with Crippen LogP contribution in [0.25, 0.3) is 0 Å². The molecule has 2 aliphatic heterocycles. The first-order chi connectivity index (χ1) is 14.8. The molecule has 1 fully saturated rings. The zero-order valence-electron chi connectivity index (χ0n) is 18.6. The molecular weight excluding hydrogens is 409 g/mol. The topological polar surface area (TPSA) is 88.6 Å². The van der Waals surface area contributed by atoms with Gasteiger partial charge in [-0.3, -0.25) is 9.69 Å². The largest absolute Gasteiger partial charge is 0.385 e. The molecule has 6 nitrogen and oxygen atoms in total. The predicted octanol–water partition coefficient (Wildman–Crippen LogP) is 2.56. The molecule has 1 aromatic rings. The van der Waals surface area contributed by atoms with Gasteiger partial charge in [0.1, 0.15) is 5.82 Å². The fourth-order valence-electron chi connectivity index (χ4n) is 5.57. The third-order valence-corrected chi connectivity index (χ3v) is 7.81. The smallest absolute Gasteiger partial charge is 0.243 e. The first kappa shape index (κ1) is 22.3. The summed E-state index contributed by atoms with van der Waals surface area (Å²) in [6.07, 6.45) is 4.56. The minimum absolute atomic E-state index is 0.0315. The summed E-state index contributed by atoms with van der Waals surface area (Å²) < 4.78 is 11.1. The lowest BCUT2D eigenvalue weighted by molar-refractivity contribution is -0.144. The summed E-state index contributed by atoms with van der Waals surface area (Å²) in [4.78, 5) is 15.8. The van der Waals surface area contributed by atoms with E-state index in [0.717, 1.165) is 30.1 Å². The van der Waals surface area contributed by atoms with E-state index < -0.39 is 5.41 Å². The highest BCUT2D eigenvalue weighted by Crippen LogP contribution is 2.52. The Hall–Kier alpha value is -1.93. The number of fused-ring (bicyclic) bond motifs is 2. The number of carbonyl (C=O) groups is 1. The Morgan fingerprint density at radius 2 is 2.19 bits per heavy atom. The molecule has 1 saturated heterocycles. The van der Waals surface area contributed by atoms with Crippen LogP contribution >= 0.6 is 9.24 Å². The Kier molecular flexibility index (Phi) is 5.89. The number of amides is 1. The lowest BCUT2D eigenvalue weighted by atomic mass is 9.71. The molecule has 1 aliphatic carbocycles. The van der Waals surface area contributed by atoms with Crippen LogP contribution in [0.3, 0.4) is 0 Å². The quantitative estimate of drug-likeness (QED) is 0.657. The van der Waals surface area contributed by atoms with Crippen LogP contribution in [0, 0.1) is 28.6 Å². The number of carbonyl (C=O) groups excluding carboxylic acids is 1. The lowest BCUT2D eigenvalue weighted by Crippen LogP contribution is -2.52. The lowest BCUT2D eigenvalue weighted by Gasteiger charge is -2.42. The third kappa shape index (κ3) is 3.57. The summed E-state index contributed by atoms with van der Waals surface area (Å²) in [6.45, 7) is 6.14. The highest BCUT2D eigenvalue weighted by molar-refractivity contribution is 7.16. The second-order valence-electron chi connectivity index (χ2n) is 9.74. The summed E-state index contributed by atoms with van der Waals surface area (Å²) in [7, 11) is 4.50. The van der Waals surface area contributed by atoms with E-state index in [-0.39, 0.29) is 29.3 Å². The van der Waals surface area contributed by atoms with Crippen LogP contribution in [-0.4, -0.2) is 49.9 Å². The zero-order chi connectivity index (χ0) is 22.4. The molecule has 0 bridgehead atoms. The van der Waals surface area contributed by atoms with Gasteiger partial charge < -0.3 is 15.2 Å². The van der Waals surface area contributed by atoms with Crippen LogP contribution in [0.2, 0.25) is 0 Å². The van der Waals surface area contributed by atoms with Gasteiger partial charge in [0, 0.05) is 19.1 Å². The van der Waals surface area contributed by atoms with Crippen LogP contribution in [0.5, 0.6) is 0 Å². The van der Waals surface area contributed by atoms with E-state index in [4.69, 9.17) is 15.2 Å². The Morgan fingerprint density at radius 3 is 2.77 bits per heavy atom. The first-order valence-corrected chi connectivity index (χ1v) is 11.7. The third-order valence-electron chi connectivity index (χ3n) is 7.35. The van der Waals surface area contributed by atoms with E-state index in [1.807, 2.05) is 24.3 Å². The maximum absolute atomic E-state index is 14.1. The maximum Gasteiger partial charge on any atom is 0.243 e. The molecule has 2 N–H and O–H groups in total. The molecule has 3 unspecified atom stereocenters. The molecule has 7 heteroatoms. The van der Waals surface area contributed by atoms with Crippen molar-refractivity contribution in [2.24, 2.45) is 23.0 Å². The molecule has 1 spiro atoms.